The topological polar surface area (TPSA) is 95.9 Å². The van der Waals surface area contributed by atoms with Crippen LogP contribution in [-0.4, -0.2) is 42.6 Å². The predicted molar refractivity (Wildman–Crippen MR) is 79.2 cm³/mol. The van der Waals surface area contributed by atoms with Gasteiger partial charge in [0.1, 0.15) is 12.3 Å². The van der Waals surface area contributed by atoms with Gasteiger partial charge in [-0.25, -0.2) is 0 Å². The van der Waals surface area contributed by atoms with Gasteiger partial charge >= 0.3 is 5.97 Å². The van der Waals surface area contributed by atoms with Gasteiger partial charge in [-0.05, 0) is 24.6 Å². The number of nitrogens with one attached hydrogen (secondary N) is 1. The zero-order valence-corrected chi connectivity index (χ0v) is 12.4. The van der Waals surface area contributed by atoms with Crippen LogP contribution in [0, 0.1) is 0 Å². The van der Waals surface area contributed by atoms with Crippen molar-refractivity contribution in [3.8, 4) is 5.75 Å². The van der Waals surface area contributed by atoms with Crippen molar-refractivity contribution >= 4 is 35.1 Å². The number of nitrogens with zero attached hydrogens (tertiary/aromatic N) is 1. The van der Waals surface area contributed by atoms with E-state index in [2.05, 4.69) is 5.32 Å². The molecule has 0 aromatic heterocycles. The number of anilines is 1. The van der Waals surface area contributed by atoms with Gasteiger partial charge in [-0.1, -0.05) is 11.6 Å². The molecule has 7 nitrogen and oxygen atoms in total. The molecule has 0 aliphatic carbocycles. The molecule has 0 bridgehead atoms. The number of carboxylic acids is 1. The van der Waals surface area contributed by atoms with Crippen LogP contribution in [0.1, 0.15) is 12.8 Å². The first-order valence-corrected chi connectivity index (χ1v) is 7.06. The molecule has 1 aromatic rings. The van der Waals surface area contributed by atoms with E-state index in [1.54, 1.807) is 18.2 Å². The molecule has 0 unspecified atom stereocenters. The Morgan fingerprint density at radius 1 is 1.41 bits per heavy atom. The fourth-order valence-corrected chi connectivity index (χ4v) is 2.18. The molecule has 0 radical (unpaired) electrons. The number of carbonyl (C=O) groups excluding carboxylic acids is 2. The minimum Gasteiger partial charge on any atom is -0.482 e. The molecule has 0 atom stereocenters. The molecule has 2 amide bonds. The largest absolute Gasteiger partial charge is 0.482 e. The van der Waals surface area contributed by atoms with Crippen molar-refractivity contribution in [1.29, 1.82) is 0 Å². The predicted octanol–water partition coefficient (Wildman–Crippen LogP) is 1.05. The molecule has 8 heteroatoms. The van der Waals surface area contributed by atoms with Crippen LogP contribution in [0.3, 0.4) is 0 Å². The van der Waals surface area contributed by atoms with E-state index in [-0.39, 0.29) is 37.9 Å². The van der Waals surface area contributed by atoms with Crippen molar-refractivity contribution in [2.24, 2.45) is 0 Å². The van der Waals surface area contributed by atoms with E-state index in [0.717, 1.165) is 0 Å². The SMILES string of the molecule is O=C(O)CCCNC(=O)CN1C(=O)COc2ccc(Cl)cc21. The molecule has 1 aliphatic heterocycles. The number of ether oxygens (including phenoxy) is 1. The van der Waals surface area contributed by atoms with Gasteiger partial charge in [-0.2, -0.15) is 0 Å². The molecule has 0 fully saturated rings. The van der Waals surface area contributed by atoms with E-state index in [4.69, 9.17) is 21.4 Å². The fraction of sp³-hybridized carbons (Fsp3) is 0.357. The van der Waals surface area contributed by atoms with E-state index in [1.165, 1.54) is 4.90 Å². The first-order chi connectivity index (χ1) is 10.5. The Labute approximate surface area is 131 Å². The summed E-state index contributed by atoms with van der Waals surface area (Å²) in [7, 11) is 0. The number of carboxylic acid groups (broad SMARTS) is 1. The van der Waals surface area contributed by atoms with Crippen LogP contribution in [-0.2, 0) is 14.4 Å². The van der Waals surface area contributed by atoms with Crippen LogP contribution in [0.25, 0.3) is 0 Å². The lowest BCUT2D eigenvalue weighted by molar-refractivity contribution is -0.137. The highest BCUT2D eigenvalue weighted by atomic mass is 35.5. The summed E-state index contributed by atoms with van der Waals surface area (Å²) in [5.41, 5.74) is 0.449. The van der Waals surface area contributed by atoms with E-state index in [0.29, 0.717) is 22.9 Å². The number of amides is 2. The molecule has 1 aromatic carbocycles. The quantitative estimate of drug-likeness (QED) is 0.762. The Balaban J connectivity index is 1.97. The maximum atomic E-state index is 11.9. The summed E-state index contributed by atoms with van der Waals surface area (Å²) in [4.78, 5) is 35.5. The van der Waals surface area contributed by atoms with Crippen molar-refractivity contribution in [2.75, 3.05) is 24.6 Å². The summed E-state index contributed by atoms with van der Waals surface area (Å²) < 4.78 is 5.28. The standard InChI is InChI=1S/C14H15ClN2O5/c15-9-3-4-11-10(6-9)17(13(19)8-22-11)7-12(18)16-5-1-2-14(20)21/h3-4,6H,1-2,5,7-8H2,(H,16,18)(H,20,21). The normalized spacial score (nSPS) is 13.3. The lowest BCUT2D eigenvalue weighted by Crippen LogP contribution is -2.45. The average molecular weight is 327 g/mol. The Morgan fingerprint density at radius 2 is 2.18 bits per heavy atom. The Bertz CT molecular complexity index is 605. The van der Waals surface area contributed by atoms with Crippen LogP contribution in [0.5, 0.6) is 5.75 Å². The first kappa shape index (κ1) is 16.1. The third-order valence-corrected chi connectivity index (χ3v) is 3.29. The number of hydrogen-bond acceptors (Lipinski definition) is 4. The third kappa shape index (κ3) is 4.11. The highest BCUT2D eigenvalue weighted by molar-refractivity contribution is 6.31. The van der Waals surface area contributed by atoms with Gasteiger partial charge in [-0.15, -0.1) is 0 Å². The smallest absolute Gasteiger partial charge is 0.303 e. The lowest BCUT2D eigenvalue weighted by atomic mass is 10.2. The van der Waals surface area contributed by atoms with E-state index in [9.17, 15) is 14.4 Å². The van der Waals surface area contributed by atoms with Crippen molar-refractivity contribution < 1.29 is 24.2 Å². The highest BCUT2D eigenvalue weighted by Gasteiger charge is 2.27. The van der Waals surface area contributed by atoms with Crippen molar-refractivity contribution in [3.63, 3.8) is 0 Å². The second-order valence-electron chi connectivity index (χ2n) is 4.73. The second-order valence-corrected chi connectivity index (χ2v) is 5.16. The van der Waals surface area contributed by atoms with Gasteiger partial charge in [0.2, 0.25) is 5.91 Å². The third-order valence-electron chi connectivity index (χ3n) is 3.06. The molecule has 2 N–H and O–H groups in total. The van der Waals surface area contributed by atoms with Gasteiger partial charge in [-0.3, -0.25) is 19.3 Å². The number of aliphatic carboxylic acids is 1. The molecule has 0 saturated heterocycles. The van der Waals surface area contributed by atoms with E-state index >= 15 is 0 Å². The molecule has 0 spiro atoms. The average Bonchev–Trinajstić information content (AvgIpc) is 2.46. The minimum absolute atomic E-state index is 0.0186. The molecule has 118 valence electrons. The zero-order valence-electron chi connectivity index (χ0n) is 11.7. The molecular formula is C14H15ClN2O5. The molecule has 1 aliphatic rings. The molecule has 1 heterocycles. The van der Waals surface area contributed by atoms with Crippen LogP contribution in [0.4, 0.5) is 5.69 Å². The second kappa shape index (κ2) is 7.13. The van der Waals surface area contributed by atoms with Gasteiger partial charge in [0.15, 0.2) is 6.61 Å². The summed E-state index contributed by atoms with van der Waals surface area (Å²) in [6.07, 6.45) is 0.315. The summed E-state index contributed by atoms with van der Waals surface area (Å²) in [5, 5.41) is 11.5. The van der Waals surface area contributed by atoms with E-state index < -0.39 is 5.97 Å². The van der Waals surface area contributed by atoms with Gasteiger partial charge in [0, 0.05) is 18.0 Å². The number of halogens is 1. The van der Waals surface area contributed by atoms with Crippen LogP contribution in [0.15, 0.2) is 18.2 Å². The van der Waals surface area contributed by atoms with Crippen LogP contribution < -0.4 is 15.0 Å². The Kier molecular flexibility index (Phi) is 5.21. The molecule has 2 rings (SSSR count). The maximum absolute atomic E-state index is 11.9. The number of fused-ring (bicyclic) bond motifs is 1. The van der Waals surface area contributed by atoms with Crippen LogP contribution >= 0.6 is 11.6 Å². The zero-order chi connectivity index (χ0) is 16.1. The number of benzene rings is 1. The van der Waals surface area contributed by atoms with Gasteiger partial charge in [0.05, 0.1) is 5.69 Å². The van der Waals surface area contributed by atoms with Crippen molar-refractivity contribution in [2.45, 2.75) is 12.8 Å². The minimum atomic E-state index is -0.916. The summed E-state index contributed by atoms with van der Waals surface area (Å²) in [6, 6.07) is 4.84. The van der Waals surface area contributed by atoms with Crippen molar-refractivity contribution in [3.05, 3.63) is 23.2 Å². The maximum Gasteiger partial charge on any atom is 0.303 e. The summed E-state index contributed by atoms with van der Waals surface area (Å²) in [6.45, 7) is -0.0599. The number of rotatable bonds is 6. The van der Waals surface area contributed by atoms with Crippen LogP contribution in [0.2, 0.25) is 5.02 Å². The monoisotopic (exact) mass is 326 g/mol. The summed E-state index contributed by atoms with van der Waals surface area (Å²) >= 11 is 5.91. The first-order valence-electron chi connectivity index (χ1n) is 6.68. The fourth-order valence-electron chi connectivity index (χ4n) is 2.02. The Morgan fingerprint density at radius 3 is 2.91 bits per heavy atom. The molecule has 0 saturated carbocycles. The number of hydrogen-bond donors (Lipinski definition) is 2. The Hall–Kier alpha value is -2.28. The lowest BCUT2D eigenvalue weighted by Gasteiger charge is -2.29. The van der Waals surface area contributed by atoms with E-state index in [1.807, 2.05) is 0 Å². The molecular weight excluding hydrogens is 312 g/mol. The van der Waals surface area contributed by atoms with Gasteiger partial charge < -0.3 is 15.2 Å². The summed E-state index contributed by atoms with van der Waals surface area (Å²) in [5.74, 6) is -1.13. The molecule has 22 heavy (non-hydrogen) atoms. The van der Waals surface area contributed by atoms with Gasteiger partial charge in [0.25, 0.3) is 5.91 Å². The number of carbonyl (C=O) groups is 3. The van der Waals surface area contributed by atoms with Crippen molar-refractivity contribution in [1.82, 2.24) is 5.32 Å². The highest BCUT2D eigenvalue weighted by Crippen LogP contribution is 2.34.